The Balaban J connectivity index is 1.83. The zero-order chi connectivity index (χ0) is 9.31. The first-order chi connectivity index (χ1) is 6.23. The predicted molar refractivity (Wildman–Crippen MR) is 53.7 cm³/mol. The molecule has 0 unspecified atom stereocenters. The molecule has 2 nitrogen and oxygen atoms in total. The molecule has 0 spiro atoms. The van der Waals surface area contributed by atoms with Gasteiger partial charge in [-0.15, -0.1) is 0 Å². The van der Waals surface area contributed by atoms with Crippen molar-refractivity contribution in [2.45, 2.75) is 39.2 Å². The fourth-order valence-electron chi connectivity index (χ4n) is 2.27. The summed E-state index contributed by atoms with van der Waals surface area (Å²) in [7, 11) is 0. The molecule has 0 aromatic carbocycles. The van der Waals surface area contributed by atoms with E-state index >= 15 is 0 Å². The third-order valence-electron chi connectivity index (χ3n) is 3.61. The van der Waals surface area contributed by atoms with E-state index < -0.39 is 0 Å². The molecule has 0 bridgehead atoms. The number of rotatable bonds is 4. The normalized spacial score (nSPS) is 27.0. The number of hydrogen-bond donors (Lipinski definition) is 1. The molecule has 76 valence electrons. The van der Waals surface area contributed by atoms with Crippen molar-refractivity contribution in [3.05, 3.63) is 0 Å². The van der Waals surface area contributed by atoms with E-state index in [-0.39, 0.29) is 0 Å². The SMILES string of the molecule is CC(C)NCC1(C2CCC2)COC1. The van der Waals surface area contributed by atoms with Crippen LogP contribution < -0.4 is 5.32 Å². The van der Waals surface area contributed by atoms with Crippen molar-refractivity contribution < 1.29 is 4.74 Å². The van der Waals surface area contributed by atoms with Crippen LogP contribution >= 0.6 is 0 Å². The van der Waals surface area contributed by atoms with E-state index in [1.807, 2.05) is 0 Å². The van der Waals surface area contributed by atoms with E-state index in [2.05, 4.69) is 19.2 Å². The van der Waals surface area contributed by atoms with Gasteiger partial charge in [0.2, 0.25) is 0 Å². The van der Waals surface area contributed by atoms with E-state index in [1.54, 1.807) is 0 Å². The van der Waals surface area contributed by atoms with E-state index in [1.165, 1.54) is 19.3 Å². The molecule has 0 aromatic heterocycles. The number of hydrogen-bond acceptors (Lipinski definition) is 2. The molecule has 1 aliphatic heterocycles. The monoisotopic (exact) mass is 183 g/mol. The molecule has 13 heavy (non-hydrogen) atoms. The predicted octanol–water partition coefficient (Wildman–Crippen LogP) is 1.80. The molecule has 0 radical (unpaired) electrons. The van der Waals surface area contributed by atoms with Crippen molar-refractivity contribution in [3.63, 3.8) is 0 Å². The topological polar surface area (TPSA) is 21.3 Å². The Bertz CT molecular complexity index is 171. The lowest BCUT2D eigenvalue weighted by molar-refractivity contribution is -0.160. The van der Waals surface area contributed by atoms with Gasteiger partial charge in [0, 0.05) is 18.0 Å². The van der Waals surface area contributed by atoms with Crippen molar-refractivity contribution >= 4 is 0 Å². The Morgan fingerprint density at radius 2 is 2.08 bits per heavy atom. The van der Waals surface area contributed by atoms with Crippen LogP contribution in [0.1, 0.15) is 33.1 Å². The maximum atomic E-state index is 5.39. The molecule has 1 N–H and O–H groups in total. The summed E-state index contributed by atoms with van der Waals surface area (Å²) >= 11 is 0. The standard InChI is InChI=1S/C11H21NO/c1-9(2)12-6-11(7-13-8-11)10-4-3-5-10/h9-10,12H,3-8H2,1-2H3. The third kappa shape index (κ3) is 1.75. The number of nitrogens with one attached hydrogen (secondary N) is 1. The zero-order valence-corrected chi connectivity index (χ0v) is 8.81. The second kappa shape index (κ2) is 3.58. The molecule has 1 saturated heterocycles. The van der Waals surface area contributed by atoms with Gasteiger partial charge in [-0.25, -0.2) is 0 Å². The average Bonchev–Trinajstić information content (AvgIpc) is 1.89. The second-order valence-corrected chi connectivity index (χ2v) is 5.02. The van der Waals surface area contributed by atoms with Gasteiger partial charge in [-0.2, -0.15) is 0 Å². The average molecular weight is 183 g/mol. The minimum atomic E-state index is 0.516. The maximum Gasteiger partial charge on any atom is 0.0559 e. The van der Waals surface area contributed by atoms with Gasteiger partial charge in [0.25, 0.3) is 0 Å². The summed E-state index contributed by atoms with van der Waals surface area (Å²) in [6.07, 6.45) is 4.31. The van der Waals surface area contributed by atoms with E-state index in [9.17, 15) is 0 Å². The van der Waals surface area contributed by atoms with E-state index in [4.69, 9.17) is 4.74 Å². The summed E-state index contributed by atoms with van der Waals surface area (Å²) < 4.78 is 5.39. The Labute approximate surface area is 81.0 Å². The van der Waals surface area contributed by atoms with Crippen molar-refractivity contribution in [2.24, 2.45) is 11.3 Å². The highest BCUT2D eigenvalue weighted by molar-refractivity contribution is 4.97. The van der Waals surface area contributed by atoms with Crippen LogP contribution in [0, 0.1) is 11.3 Å². The Hall–Kier alpha value is -0.0800. The van der Waals surface area contributed by atoms with Crippen LogP contribution in [0.4, 0.5) is 0 Å². The lowest BCUT2D eigenvalue weighted by atomic mass is 9.64. The summed E-state index contributed by atoms with van der Waals surface area (Å²) in [5.41, 5.74) is 0.516. The molecule has 2 heteroatoms. The first-order valence-corrected chi connectivity index (χ1v) is 5.54. The Morgan fingerprint density at radius 1 is 1.38 bits per heavy atom. The number of ether oxygens (including phenoxy) is 1. The van der Waals surface area contributed by atoms with Gasteiger partial charge in [0.05, 0.1) is 13.2 Å². The molecule has 1 saturated carbocycles. The fourth-order valence-corrected chi connectivity index (χ4v) is 2.27. The van der Waals surface area contributed by atoms with Gasteiger partial charge in [-0.1, -0.05) is 20.3 Å². The fraction of sp³-hybridized carbons (Fsp3) is 1.00. The molecule has 0 amide bonds. The quantitative estimate of drug-likeness (QED) is 0.717. The highest BCUT2D eigenvalue weighted by Gasteiger charge is 2.47. The second-order valence-electron chi connectivity index (χ2n) is 5.02. The smallest absolute Gasteiger partial charge is 0.0559 e. The molecule has 0 atom stereocenters. The molecular weight excluding hydrogens is 162 g/mol. The zero-order valence-electron chi connectivity index (χ0n) is 8.81. The summed E-state index contributed by atoms with van der Waals surface area (Å²) in [5.74, 6) is 0.951. The molecule has 2 aliphatic rings. The molecule has 0 aromatic rings. The third-order valence-corrected chi connectivity index (χ3v) is 3.61. The van der Waals surface area contributed by atoms with Crippen molar-refractivity contribution in [3.8, 4) is 0 Å². The van der Waals surface area contributed by atoms with Gasteiger partial charge in [-0.3, -0.25) is 0 Å². The summed E-state index contributed by atoms with van der Waals surface area (Å²) in [6, 6.07) is 0.609. The van der Waals surface area contributed by atoms with Crippen LogP contribution in [-0.2, 0) is 4.74 Å². The first-order valence-electron chi connectivity index (χ1n) is 5.54. The molecule has 1 heterocycles. The minimum absolute atomic E-state index is 0.516. The van der Waals surface area contributed by atoms with Gasteiger partial charge in [0.15, 0.2) is 0 Å². The van der Waals surface area contributed by atoms with Gasteiger partial charge >= 0.3 is 0 Å². The molecule has 1 aliphatic carbocycles. The molecule has 2 fully saturated rings. The van der Waals surface area contributed by atoms with Gasteiger partial charge in [0.1, 0.15) is 0 Å². The highest BCUT2D eigenvalue weighted by Crippen LogP contribution is 2.46. The van der Waals surface area contributed by atoms with Crippen LogP contribution in [0.25, 0.3) is 0 Å². The lowest BCUT2D eigenvalue weighted by Crippen LogP contribution is -2.56. The van der Waals surface area contributed by atoms with E-state index in [0.717, 1.165) is 25.7 Å². The Kier molecular flexibility index (Phi) is 2.61. The van der Waals surface area contributed by atoms with Crippen molar-refractivity contribution in [1.29, 1.82) is 0 Å². The van der Waals surface area contributed by atoms with Crippen LogP contribution in [0.3, 0.4) is 0 Å². The van der Waals surface area contributed by atoms with E-state index in [0.29, 0.717) is 11.5 Å². The largest absolute Gasteiger partial charge is 0.380 e. The summed E-state index contributed by atoms with van der Waals surface area (Å²) in [6.45, 7) is 7.59. The molecule has 2 rings (SSSR count). The van der Waals surface area contributed by atoms with Crippen LogP contribution in [-0.4, -0.2) is 25.8 Å². The van der Waals surface area contributed by atoms with Gasteiger partial charge in [-0.05, 0) is 18.8 Å². The van der Waals surface area contributed by atoms with Crippen molar-refractivity contribution in [2.75, 3.05) is 19.8 Å². The van der Waals surface area contributed by atoms with Crippen LogP contribution in [0.5, 0.6) is 0 Å². The van der Waals surface area contributed by atoms with Crippen molar-refractivity contribution in [1.82, 2.24) is 5.32 Å². The summed E-state index contributed by atoms with van der Waals surface area (Å²) in [4.78, 5) is 0. The molecular formula is C11H21NO. The highest BCUT2D eigenvalue weighted by atomic mass is 16.5. The maximum absolute atomic E-state index is 5.39. The lowest BCUT2D eigenvalue weighted by Gasteiger charge is -2.51. The first kappa shape index (κ1) is 9.47. The minimum Gasteiger partial charge on any atom is -0.380 e. The summed E-state index contributed by atoms with van der Waals surface area (Å²) in [5, 5.41) is 3.56. The van der Waals surface area contributed by atoms with Crippen LogP contribution in [0.2, 0.25) is 0 Å². The van der Waals surface area contributed by atoms with Gasteiger partial charge < -0.3 is 10.1 Å². The Morgan fingerprint density at radius 3 is 2.38 bits per heavy atom. The van der Waals surface area contributed by atoms with Crippen LogP contribution in [0.15, 0.2) is 0 Å².